The van der Waals surface area contributed by atoms with E-state index in [0.29, 0.717) is 18.3 Å². The van der Waals surface area contributed by atoms with E-state index in [1.807, 2.05) is 0 Å². The Hall–Kier alpha value is -0.750. The van der Waals surface area contributed by atoms with Crippen LogP contribution in [0.1, 0.15) is 32.1 Å². The molecule has 0 aromatic rings. The fraction of sp³-hybridized carbons (Fsp3) is 0.857. The lowest BCUT2D eigenvalue weighted by Crippen LogP contribution is -2.50. The molecule has 1 saturated heterocycles. The highest BCUT2D eigenvalue weighted by Crippen LogP contribution is 2.27. The zero-order valence-electron chi connectivity index (χ0n) is 12.2. The number of nitrogens with zero attached hydrogens (tertiary/aromatic N) is 1. The average molecular weight is 299 g/mol. The van der Waals surface area contributed by atoms with Crippen LogP contribution >= 0.6 is 11.8 Å². The smallest absolute Gasteiger partial charge is 0.311 e. The van der Waals surface area contributed by atoms with Crippen LogP contribution in [0, 0.1) is 0 Å². The first-order chi connectivity index (χ1) is 9.72. The molecule has 1 saturated carbocycles. The predicted molar refractivity (Wildman–Crippen MR) is 81.8 cm³/mol. The second-order valence-electron chi connectivity index (χ2n) is 5.53. The van der Waals surface area contributed by atoms with Crippen molar-refractivity contribution in [1.82, 2.24) is 15.5 Å². The number of thioether (sulfide) groups is 1. The van der Waals surface area contributed by atoms with Gasteiger partial charge in [-0.3, -0.25) is 9.59 Å². The van der Waals surface area contributed by atoms with Crippen LogP contribution in [-0.4, -0.2) is 60.4 Å². The Morgan fingerprint density at radius 1 is 1.15 bits per heavy atom. The molecule has 2 rings (SSSR count). The lowest BCUT2D eigenvalue weighted by atomic mass is 9.95. The Morgan fingerprint density at radius 3 is 2.75 bits per heavy atom. The number of nitrogens with one attached hydrogen (secondary N) is 2. The Morgan fingerprint density at radius 2 is 1.95 bits per heavy atom. The van der Waals surface area contributed by atoms with Gasteiger partial charge in [-0.1, -0.05) is 12.8 Å². The summed E-state index contributed by atoms with van der Waals surface area (Å²) in [6.07, 6.45) is 7.49. The van der Waals surface area contributed by atoms with Gasteiger partial charge in [0.25, 0.3) is 0 Å². The number of amides is 2. The monoisotopic (exact) mass is 299 g/mol. The van der Waals surface area contributed by atoms with Gasteiger partial charge in [0, 0.05) is 30.9 Å². The summed E-state index contributed by atoms with van der Waals surface area (Å²) >= 11 is 1.80. The quantitative estimate of drug-likeness (QED) is 0.733. The molecular formula is C14H25N3O2S. The summed E-state index contributed by atoms with van der Waals surface area (Å²) in [5.41, 5.74) is 0. The van der Waals surface area contributed by atoms with Crippen LogP contribution in [0.3, 0.4) is 0 Å². The zero-order chi connectivity index (χ0) is 14.4. The molecule has 5 nitrogen and oxygen atoms in total. The van der Waals surface area contributed by atoms with E-state index >= 15 is 0 Å². The average Bonchev–Trinajstić information content (AvgIpc) is 2.76. The van der Waals surface area contributed by atoms with E-state index in [4.69, 9.17) is 0 Å². The molecule has 2 fully saturated rings. The summed E-state index contributed by atoms with van der Waals surface area (Å²) in [4.78, 5) is 26.0. The van der Waals surface area contributed by atoms with Gasteiger partial charge in [0.1, 0.15) is 0 Å². The van der Waals surface area contributed by atoms with Gasteiger partial charge in [-0.05, 0) is 32.1 Å². The molecule has 2 unspecified atom stereocenters. The molecule has 2 amide bonds. The van der Waals surface area contributed by atoms with Crippen LogP contribution in [0.4, 0.5) is 0 Å². The first-order valence-corrected chi connectivity index (χ1v) is 8.84. The molecule has 114 valence electrons. The fourth-order valence-electron chi connectivity index (χ4n) is 2.97. The van der Waals surface area contributed by atoms with Crippen molar-refractivity contribution in [3.8, 4) is 0 Å². The molecule has 0 bridgehead atoms. The third-order valence-electron chi connectivity index (χ3n) is 4.14. The highest BCUT2D eigenvalue weighted by Gasteiger charge is 2.29. The van der Waals surface area contributed by atoms with Gasteiger partial charge >= 0.3 is 11.8 Å². The summed E-state index contributed by atoms with van der Waals surface area (Å²) in [5.74, 6) is -0.781. The van der Waals surface area contributed by atoms with Gasteiger partial charge < -0.3 is 15.5 Å². The van der Waals surface area contributed by atoms with Crippen LogP contribution in [0.2, 0.25) is 0 Å². The summed E-state index contributed by atoms with van der Waals surface area (Å²) in [6, 6.07) is 0.153. The highest BCUT2D eigenvalue weighted by atomic mass is 32.2. The van der Waals surface area contributed by atoms with Crippen molar-refractivity contribution < 1.29 is 9.59 Å². The second kappa shape index (κ2) is 7.88. The minimum Gasteiger partial charge on any atom is -0.344 e. The minimum atomic E-state index is -0.419. The van der Waals surface area contributed by atoms with Crippen molar-refractivity contribution in [2.24, 2.45) is 0 Å². The number of rotatable bonds is 2. The Balaban J connectivity index is 1.87. The van der Waals surface area contributed by atoms with Gasteiger partial charge in [0.15, 0.2) is 0 Å². The number of hydrogen-bond donors (Lipinski definition) is 2. The molecule has 2 atom stereocenters. The van der Waals surface area contributed by atoms with E-state index in [0.717, 1.165) is 38.8 Å². The molecule has 20 heavy (non-hydrogen) atoms. The fourth-order valence-corrected chi connectivity index (χ4v) is 3.90. The van der Waals surface area contributed by atoms with E-state index in [2.05, 4.69) is 16.9 Å². The molecule has 1 aliphatic carbocycles. The zero-order valence-corrected chi connectivity index (χ0v) is 13.0. The van der Waals surface area contributed by atoms with Gasteiger partial charge in [-0.25, -0.2) is 0 Å². The SMILES string of the molecule is CSC1CCCCC1NC(=O)C(=O)N1CCCNCC1. The molecule has 1 aliphatic heterocycles. The maximum absolute atomic E-state index is 12.2. The lowest BCUT2D eigenvalue weighted by molar-refractivity contribution is -0.146. The number of carbonyl (C=O) groups is 2. The molecule has 0 aromatic carbocycles. The minimum absolute atomic E-state index is 0.153. The third-order valence-corrected chi connectivity index (χ3v) is 5.31. The van der Waals surface area contributed by atoms with Gasteiger partial charge in [-0.2, -0.15) is 11.8 Å². The molecule has 2 N–H and O–H groups in total. The van der Waals surface area contributed by atoms with E-state index in [9.17, 15) is 9.59 Å². The molecular weight excluding hydrogens is 274 g/mol. The van der Waals surface area contributed by atoms with Crippen LogP contribution in [0.5, 0.6) is 0 Å². The van der Waals surface area contributed by atoms with Crippen molar-refractivity contribution in [1.29, 1.82) is 0 Å². The van der Waals surface area contributed by atoms with Crippen molar-refractivity contribution in [3.05, 3.63) is 0 Å². The molecule has 0 spiro atoms. The molecule has 2 aliphatic rings. The summed E-state index contributed by atoms with van der Waals surface area (Å²) < 4.78 is 0. The lowest BCUT2D eigenvalue weighted by Gasteiger charge is -2.31. The molecule has 0 radical (unpaired) electrons. The standard InChI is InChI=1S/C14H25N3O2S/c1-20-12-6-3-2-5-11(12)16-13(18)14(19)17-9-4-7-15-8-10-17/h11-12,15H,2-10H2,1H3,(H,16,18). The Bertz CT molecular complexity index is 343. The van der Waals surface area contributed by atoms with E-state index in [-0.39, 0.29) is 11.9 Å². The largest absolute Gasteiger partial charge is 0.344 e. The molecule has 1 heterocycles. The van der Waals surface area contributed by atoms with Crippen LogP contribution in [0.25, 0.3) is 0 Å². The van der Waals surface area contributed by atoms with Crippen molar-refractivity contribution >= 4 is 23.6 Å². The van der Waals surface area contributed by atoms with Gasteiger partial charge in [0.2, 0.25) is 0 Å². The first-order valence-electron chi connectivity index (χ1n) is 7.55. The third kappa shape index (κ3) is 4.12. The van der Waals surface area contributed by atoms with Crippen LogP contribution in [-0.2, 0) is 9.59 Å². The van der Waals surface area contributed by atoms with Gasteiger partial charge in [-0.15, -0.1) is 0 Å². The Labute approximate surface area is 125 Å². The van der Waals surface area contributed by atoms with Crippen LogP contribution in [0.15, 0.2) is 0 Å². The number of carbonyl (C=O) groups excluding carboxylic acids is 2. The van der Waals surface area contributed by atoms with Crippen molar-refractivity contribution in [2.75, 3.05) is 32.4 Å². The topological polar surface area (TPSA) is 61.4 Å². The summed E-state index contributed by atoms with van der Waals surface area (Å²) in [6.45, 7) is 3.00. The normalized spacial score (nSPS) is 27.8. The van der Waals surface area contributed by atoms with E-state index in [1.165, 1.54) is 6.42 Å². The maximum atomic E-state index is 12.2. The predicted octanol–water partition coefficient (Wildman–Crippen LogP) is 0.599. The Kier molecular flexibility index (Phi) is 6.16. The second-order valence-corrected chi connectivity index (χ2v) is 6.61. The van der Waals surface area contributed by atoms with Gasteiger partial charge in [0.05, 0.1) is 0 Å². The highest BCUT2D eigenvalue weighted by molar-refractivity contribution is 7.99. The molecule has 0 aromatic heterocycles. The van der Waals surface area contributed by atoms with E-state index < -0.39 is 5.91 Å². The summed E-state index contributed by atoms with van der Waals surface area (Å²) in [5, 5.41) is 6.66. The number of hydrogen-bond acceptors (Lipinski definition) is 4. The van der Waals surface area contributed by atoms with Crippen LogP contribution < -0.4 is 10.6 Å². The first kappa shape index (κ1) is 15.6. The molecule has 6 heteroatoms. The van der Waals surface area contributed by atoms with E-state index in [1.54, 1.807) is 16.7 Å². The van der Waals surface area contributed by atoms with Crippen molar-refractivity contribution in [3.63, 3.8) is 0 Å². The van der Waals surface area contributed by atoms with Crippen molar-refractivity contribution in [2.45, 2.75) is 43.4 Å². The summed E-state index contributed by atoms with van der Waals surface area (Å²) in [7, 11) is 0. The maximum Gasteiger partial charge on any atom is 0.311 e.